The zero-order chi connectivity index (χ0) is 8.72. The molecule has 0 aliphatic heterocycles. The molecule has 1 aromatic heterocycles. The first-order valence-corrected chi connectivity index (χ1v) is 4.21. The van der Waals surface area contributed by atoms with Crippen LogP contribution >= 0.6 is 11.6 Å². The molecule has 12 heavy (non-hydrogen) atoms. The summed E-state index contributed by atoms with van der Waals surface area (Å²) in [5.74, 6) is 0.923. The highest BCUT2D eigenvalue weighted by Gasteiger charge is 2.02. The van der Waals surface area contributed by atoms with Crippen molar-refractivity contribution in [1.29, 1.82) is 0 Å². The van der Waals surface area contributed by atoms with Crippen LogP contribution in [-0.4, -0.2) is 0 Å². The van der Waals surface area contributed by atoms with E-state index >= 15 is 0 Å². The maximum absolute atomic E-state index is 5.96. The average Bonchev–Trinajstić information content (AvgIpc) is 2.30. The second-order valence-corrected chi connectivity index (χ2v) is 3.40. The number of rotatable bonds is 0. The Kier molecular flexibility index (Phi) is 1.62. The minimum absolute atomic E-state index is 0.795. The van der Waals surface area contributed by atoms with Gasteiger partial charge in [0.05, 0.1) is 0 Å². The van der Waals surface area contributed by atoms with Crippen LogP contribution in [0.15, 0.2) is 22.6 Å². The van der Waals surface area contributed by atoms with Crippen molar-refractivity contribution in [3.05, 3.63) is 34.5 Å². The van der Waals surface area contributed by atoms with Crippen LogP contribution < -0.4 is 0 Å². The Labute approximate surface area is 75.9 Å². The van der Waals surface area contributed by atoms with Crippen molar-refractivity contribution < 1.29 is 4.42 Å². The Morgan fingerprint density at radius 2 is 1.92 bits per heavy atom. The smallest absolute Gasteiger partial charge is 0.134 e. The standard InChI is InChI=1S/C10H9ClO/c1-6-3-10-8(5-9(6)11)4-7(2)12-10/h3-5H,1-2H3. The number of hydrogen-bond donors (Lipinski definition) is 0. The van der Waals surface area contributed by atoms with Gasteiger partial charge in [-0.1, -0.05) is 11.6 Å². The van der Waals surface area contributed by atoms with Gasteiger partial charge in [-0.3, -0.25) is 0 Å². The predicted octanol–water partition coefficient (Wildman–Crippen LogP) is 3.70. The van der Waals surface area contributed by atoms with Crippen molar-refractivity contribution in [1.82, 2.24) is 0 Å². The van der Waals surface area contributed by atoms with E-state index in [4.69, 9.17) is 16.0 Å². The van der Waals surface area contributed by atoms with Gasteiger partial charge in [-0.15, -0.1) is 0 Å². The molecular weight excluding hydrogens is 172 g/mol. The molecule has 0 saturated heterocycles. The van der Waals surface area contributed by atoms with Gasteiger partial charge in [0.15, 0.2) is 0 Å². The molecule has 2 aromatic rings. The summed E-state index contributed by atoms with van der Waals surface area (Å²) in [5.41, 5.74) is 1.97. The molecule has 0 bridgehead atoms. The van der Waals surface area contributed by atoms with Gasteiger partial charge in [-0.05, 0) is 37.6 Å². The fraction of sp³-hybridized carbons (Fsp3) is 0.200. The average molecular weight is 181 g/mol. The first-order valence-electron chi connectivity index (χ1n) is 3.83. The van der Waals surface area contributed by atoms with Crippen LogP contribution in [0, 0.1) is 13.8 Å². The first kappa shape index (κ1) is 7.69. The van der Waals surface area contributed by atoms with Crippen LogP contribution in [0.3, 0.4) is 0 Å². The fourth-order valence-corrected chi connectivity index (χ4v) is 1.47. The van der Waals surface area contributed by atoms with E-state index in [2.05, 4.69) is 0 Å². The highest BCUT2D eigenvalue weighted by molar-refractivity contribution is 6.32. The predicted molar refractivity (Wildman–Crippen MR) is 50.7 cm³/mol. The molecule has 1 aromatic carbocycles. The molecule has 0 atom stereocenters. The topological polar surface area (TPSA) is 13.1 Å². The van der Waals surface area contributed by atoms with Gasteiger partial charge in [0.1, 0.15) is 11.3 Å². The van der Waals surface area contributed by atoms with Gasteiger partial charge in [-0.25, -0.2) is 0 Å². The third kappa shape index (κ3) is 1.10. The lowest BCUT2D eigenvalue weighted by molar-refractivity contribution is 0.578. The summed E-state index contributed by atoms with van der Waals surface area (Å²) in [6, 6.07) is 5.88. The van der Waals surface area contributed by atoms with Crippen molar-refractivity contribution in [3.8, 4) is 0 Å². The van der Waals surface area contributed by atoms with Crippen LogP contribution in [0.5, 0.6) is 0 Å². The van der Waals surface area contributed by atoms with Crippen LogP contribution in [0.2, 0.25) is 5.02 Å². The second kappa shape index (κ2) is 2.53. The fourth-order valence-electron chi connectivity index (χ4n) is 1.29. The zero-order valence-electron chi connectivity index (χ0n) is 7.02. The number of furan rings is 1. The highest BCUT2D eigenvalue weighted by atomic mass is 35.5. The van der Waals surface area contributed by atoms with Crippen molar-refractivity contribution in [2.75, 3.05) is 0 Å². The number of benzene rings is 1. The van der Waals surface area contributed by atoms with Gasteiger partial charge in [0.2, 0.25) is 0 Å². The normalized spacial score (nSPS) is 10.9. The minimum Gasteiger partial charge on any atom is -0.461 e. The molecule has 0 spiro atoms. The quantitative estimate of drug-likeness (QED) is 0.603. The van der Waals surface area contributed by atoms with E-state index in [1.165, 1.54) is 0 Å². The summed E-state index contributed by atoms with van der Waals surface area (Å²) in [7, 11) is 0. The lowest BCUT2D eigenvalue weighted by Gasteiger charge is -1.95. The molecule has 2 heteroatoms. The molecular formula is C10H9ClO. The second-order valence-electron chi connectivity index (χ2n) is 3.00. The van der Waals surface area contributed by atoms with Gasteiger partial charge in [0, 0.05) is 10.4 Å². The van der Waals surface area contributed by atoms with Crippen molar-refractivity contribution in [3.63, 3.8) is 0 Å². The molecule has 0 radical (unpaired) electrons. The van der Waals surface area contributed by atoms with E-state index in [1.807, 2.05) is 32.0 Å². The maximum Gasteiger partial charge on any atom is 0.134 e. The zero-order valence-corrected chi connectivity index (χ0v) is 7.77. The SMILES string of the molecule is Cc1cc2cc(Cl)c(C)cc2o1. The van der Waals surface area contributed by atoms with E-state index in [-0.39, 0.29) is 0 Å². The van der Waals surface area contributed by atoms with Crippen molar-refractivity contribution in [2.24, 2.45) is 0 Å². The molecule has 62 valence electrons. The molecule has 0 amide bonds. The Balaban J connectivity index is 2.83. The van der Waals surface area contributed by atoms with Gasteiger partial charge < -0.3 is 4.42 Å². The van der Waals surface area contributed by atoms with Crippen LogP contribution in [0.25, 0.3) is 11.0 Å². The van der Waals surface area contributed by atoms with Gasteiger partial charge in [0.25, 0.3) is 0 Å². The summed E-state index contributed by atoms with van der Waals surface area (Å²) < 4.78 is 5.45. The Morgan fingerprint density at radius 3 is 2.67 bits per heavy atom. The van der Waals surface area contributed by atoms with E-state index < -0.39 is 0 Å². The lowest BCUT2D eigenvalue weighted by Crippen LogP contribution is -1.72. The molecule has 0 unspecified atom stereocenters. The summed E-state index contributed by atoms with van der Waals surface area (Å²) >= 11 is 5.96. The van der Waals surface area contributed by atoms with Gasteiger partial charge in [-0.2, -0.15) is 0 Å². The van der Waals surface area contributed by atoms with E-state index in [9.17, 15) is 0 Å². The monoisotopic (exact) mass is 180 g/mol. The van der Waals surface area contributed by atoms with Gasteiger partial charge >= 0.3 is 0 Å². The van der Waals surface area contributed by atoms with Crippen LogP contribution in [0.1, 0.15) is 11.3 Å². The molecule has 0 N–H and O–H groups in total. The highest BCUT2D eigenvalue weighted by Crippen LogP contribution is 2.25. The Morgan fingerprint density at radius 1 is 1.17 bits per heavy atom. The first-order chi connectivity index (χ1) is 5.66. The molecule has 1 heterocycles. The summed E-state index contributed by atoms with van der Waals surface area (Å²) in [6.07, 6.45) is 0. The number of hydrogen-bond acceptors (Lipinski definition) is 1. The van der Waals surface area contributed by atoms with Crippen molar-refractivity contribution in [2.45, 2.75) is 13.8 Å². The number of halogens is 1. The third-order valence-electron chi connectivity index (χ3n) is 1.92. The minimum atomic E-state index is 0.795. The molecule has 0 saturated carbocycles. The molecule has 0 aliphatic rings. The molecule has 2 rings (SSSR count). The van der Waals surface area contributed by atoms with Crippen LogP contribution in [-0.2, 0) is 0 Å². The molecule has 0 aliphatic carbocycles. The lowest BCUT2D eigenvalue weighted by atomic mass is 10.2. The van der Waals surface area contributed by atoms with E-state index in [0.29, 0.717) is 0 Å². The molecule has 1 nitrogen and oxygen atoms in total. The largest absolute Gasteiger partial charge is 0.461 e. The summed E-state index contributed by atoms with van der Waals surface area (Å²) in [6.45, 7) is 3.91. The number of aryl methyl sites for hydroxylation is 2. The third-order valence-corrected chi connectivity index (χ3v) is 2.33. The Hall–Kier alpha value is -0.950. The van der Waals surface area contributed by atoms with Crippen molar-refractivity contribution >= 4 is 22.6 Å². The van der Waals surface area contributed by atoms with Crippen LogP contribution in [0.4, 0.5) is 0 Å². The summed E-state index contributed by atoms with van der Waals surface area (Å²) in [4.78, 5) is 0. The van der Waals surface area contributed by atoms with E-state index in [0.717, 1.165) is 27.3 Å². The molecule has 0 fully saturated rings. The Bertz CT molecular complexity index is 390. The maximum atomic E-state index is 5.96. The number of fused-ring (bicyclic) bond motifs is 1. The van der Waals surface area contributed by atoms with E-state index in [1.54, 1.807) is 0 Å². The summed E-state index contributed by atoms with van der Waals surface area (Å²) in [5, 5.41) is 1.87.